The standard InChI is InChI=1S/C58H38N2O/c1-2-13-39(14-3-1)40-27-31-44(32-28-40)59(45-33-29-42(30-34-45)49-22-11-16-41-15-4-5-19-48(41)49)46-18-10-17-43(37-46)50-23-12-25-55-58(50)52-21-6-8-24-54(52)60(55)47-35-36-57-53(38-47)51-20-7-9-26-56(51)61-57/h1-38H. The molecule has 0 spiro atoms. The molecule has 0 saturated carbocycles. The first-order valence-corrected chi connectivity index (χ1v) is 20.8. The zero-order valence-electron chi connectivity index (χ0n) is 33.2. The number of anilines is 3. The van der Waals surface area contributed by atoms with Gasteiger partial charge in [0.1, 0.15) is 11.2 Å². The first-order valence-electron chi connectivity index (χ1n) is 20.8. The van der Waals surface area contributed by atoms with Crippen LogP contribution in [0, 0.1) is 0 Å². The van der Waals surface area contributed by atoms with Crippen molar-refractivity contribution in [1.29, 1.82) is 0 Å². The van der Waals surface area contributed by atoms with E-state index in [4.69, 9.17) is 4.42 Å². The average Bonchev–Trinajstić information content (AvgIpc) is 3.88. The molecule has 10 aromatic carbocycles. The number of nitrogens with zero attached hydrogens (tertiary/aromatic N) is 2. The molecule has 0 radical (unpaired) electrons. The van der Waals surface area contributed by atoms with E-state index in [2.05, 4.69) is 228 Å². The van der Waals surface area contributed by atoms with E-state index in [1.165, 1.54) is 54.9 Å². The van der Waals surface area contributed by atoms with Crippen molar-refractivity contribution in [3.63, 3.8) is 0 Å². The third-order valence-electron chi connectivity index (χ3n) is 12.2. The van der Waals surface area contributed by atoms with Crippen LogP contribution < -0.4 is 4.90 Å². The Kier molecular flexibility index (Phi) is 8.17. The summed E-state index contributed by atoms with van der Waals surface area (Å²) in [5.41, 5.74) is 15.6. The molecule has 3 nitrogen and oxygen atoms in total. The van der Waals surface area contributed by atoms with Crippen molar-refractivity contribution in [3.8, 4) is 39.1 Å². The number of benzene rings is 10. The van der Waals surface area contributed by atoms with Crippen LogP contribution in [0.25, 0.3) is 93.6 Å². The van der Waals surface area contributed by atoms with E-state index >= 15 is 0 Å². The summed E-state index contributed by atoms with van der Waals surface area (Å²) < 4.78 is 8.63. The van der Waals surface area contributed by atoms with Gasteiger partial charge in [-0.25, -0.2) is 0 Å². The van der Waals surface area contributed by atoms with Gasteiger partial charge >= 0.3 is 0 Å². The molecular weight excluding hydrogens is 741 g/mol. The Morgan fingerprint density at radius 1 is 0.328 bits per heavy atom. The van der Waals surface area contributed by atoms with Crippen LogP contribution in [-0.4, -0.2) is 4.57 Å². The van der Waals surface area contributed by atoms with Crippen molar-refractivity contribution in [2.45, 2.75) is 0 Å². The highest BCUT2D eigenvalue weighted by Gasteiger charge is 2.19. The second kappa shape index (κ2) is 14.3. The number of aromatic nitrogens is 1. The Balaban J connectivity index is 1.00. The van der Waals surface area contributed by atoms with E-state index in [1.807, 2.05) is 12.1 Å². The van der Waals surface area contributed by atoms with Gasteiger partial charge in [0.2, 0.25) is 0 Å². The highest BCUT2D eigenvalue weighted by Crippen LogP contribution is 2.43. The molecule has 0 saturated heterocycles. The summed E-state index contributed by atoms with van der Waals surface area (Å²) in [6.45, 7) is 0. The van der Waals surface area contributed by atoms with Crippen LogP contribution in [0.2, 0.25) is 0 Å². The zero-order valence-corrected chi connectivity index (χ0v) is 33.2. The fourth-order valence-electron chi connectivity index (χ4n) is 9.35. The number of rotatable bonds is 7. The molecule has 12 aromatic rings. The van der Waals surface area contributed by atoms with Crippen molar-refractivity contribution in [2.75, 3.05) is 4.90 Å². The third-order valence-corrected chi connectivity index (χ3v) is 12.2. The lowest BCUT2D eigenvalue weighted by Crippen LogP contribution is -2.10. The normalized spacial score (nSPS) is 11.6. The molecular formula is C58H38N2O. The molecule has 61 heavy (non-hydrogen) atoms. The summed E-state index contributed by atoms with van der Waals surface area (Å²) in [5.74, 6) is 0. The second-order valence-corrected chi connectivity index (χ2v) is 15.7. The maximum atomic E-state index is 6.23. The molecule has 286 valence electrons. The van der Waals surface area contributed by atoms with Crippen LogP contribution in [0.15, 0.2) is 235 Å². The lowest BCUT2D eigenvalue weighted by atomic mass is 9.97. The van der Waals surface area contributed by atoms with E-state index in [0.717, 1.165) is 55.8 Å². The van der Waals surface area contributed by atoms with Crippen molar-refractivity contribution in [2.24, 2.45) is 0 Å². The van der Waals surface area contributed by atoms with Crippen molar-refractivity contribution in [1.82, 2.24) is 4.57 Å². The van der Waals surface area contributed by atoms with Gasteiger partial charge in [0, 0.05) is 44.3 Å². The number of fused-ring (bicyclic) bond motifs is 7. The maximum absolute atomic E-state index is 6.23. The molecule has 0 fully saturated rings. The molecule has 2 aromatic heterocycles. The van der Waals surface area contributed by atoms with Gasteiger partial charge in [-0.15, -0.1) is 0 Å². The quantitative estimate of drug-likeness (QED) is 0.161. The Bertz CT molecular complexity index is 3570. The number of hydrogen-bond acceptors (Lipinski definition) is 2. The third kappa shape index (κ3) is 5.90. The van der Waals surface area contributed by atoms with E-state index in [0.29, 0.717) is 0 Å². The van der Waals surface area contributed by atoms with Gasteiger partial charge in [-0.3, -0.25) is 0 Å². The molecule has 3 heteroatoms. The maximum Gasteiger partial charge on any atom is 0.135 e. The fourth-order valence-corrected chi connectivity index (χ4v) is 9.35. The van der Waals surface area contributed by atoms with E-state index in [9.17, 15) is 0 Å². The molecule has 0 aliphatic heterocycles. The fraction of sp³-hybridized carbons (Fsp3) is 0. The Morgan fingerprint density at radius 3 is 1.75 bits per heavy atom. The van der Waals surface area contributed by atoms with Crippen LogP contribution in [0.1, 0.15) is 0 Å². The van der Waals surface area contributed by atoms with Gasteiger partial charge in [0.25, 0.3) is 0 Å². The monoisotopic (exact) mass is 778 g/mol. The summed E-state index contributed by atoms with van der Waals surface area (Å²) in [6.07, 6.45) is 0. The summed E-state index contributed by atoms with van der Waals surface area (Å²) in [4.78, 5) is 2.37. The molecule has 0 amide bonds. The summed E-state index contributed by atoms with van der Waals surface area (Å²) >= 11 is 0. The Labute approximate surface area is 353 Å². The average molecular weight is 779 g/mol. The predicted octanol–water partition coefficient (Wildman–Crippen LogP) is 16.3. The molecule has 0 aliphatic rings. The Morgan fingerprint density at radius 2 is 0.918 bits per heavy atom. The predicted molar refractivity (Wildman–Crippen MR) is 257 cm³/mol. The second-order valence-electron chi connectivity index (χ2n) is 15.7. The van der Waals surface area contributed by atoms with Crippen LogP contribution in [0.5, 0.6) is 0 Å². The minimum atomic E-state index is 0.894. The van der Waals surface area contributed by atoms with E-state index in [1.54, 1.807) is 0 Å². The molecule has 0 N–H and O–H groups in total. The van der Waals surface area contributed by atoms with Crippen LogP contribution in [0.3, 0.4) is 0 Å². The molecule has 0 aliphatic carbocycles. The number of hydrogen-bond donors (Lipinski definition) is 0. The molecule has 12 rings (SSSR count). The summed E-state index contributed by atoms with van der Waals surface area (Å²) in [5, 5.41) is 7.18. The zero-order chi connectivity index (χ0) is 40.3. The van der Waals surface area contributed by atoms with E-state index < -0.39 is 0 Å². The summed E-state index contributed by atoms with van der Waals surface area (Å²) in [7, 11) is 0. The van der Waals surface area contributed by atoms with Crippen molar-refractivity contribution >= 4 is 71.6 Å². The first-order chi connectivity index (χ1) is 30.2. The van der Waals surface area contributed by atoms with E-state index in [-0.39, 0.29) is 0 Å². The van der Waals surface area contributed by atoms with Crippen LogP contribution in [-0.2, 0) is 0 Å². The molecule has 0 bridgehead atoms. The van der Waals surface area contributed by atoms with Gasteiger partial charge in [0.05, 0.1) is 11.0 Å². The molecule has 0 atom stereocenters. The number of para-hydroxylation sites is 2. The molecule has 0 unspecified atom stereocenters. The number of furan rings is 1. The minimum absolute atomic E-state index is 0.894. The van der Waals surface area contributed by atoms with Crippen LogP contribution >= 0.6 is 0 Å². The van der Waals surface area contributed by atoms with Gasteiger partial charge in [0.15, 0.2) is 0 Å². The highest BCUT2D eigenvalue weighted by atomic mass is 16.3. The highest BCUT2D eigenvalue weighted by molar-refractivity contribution is 6.16. The van der Waals surface area contributed by atoms with Gasteiger partial charge in [-0.1, -0.05) is 158 Å². The van der Waals surface area contributed by atoms with Gasteiger partial charge in [-0.05, 0) is 117 Å². The molecule has 2 heterocycles. The minimum Gasteiger partial charge on any atom is -0.456 e. The Hall–Kier alpha value is -8.14. The van der Waals surface area contributed by atoms with Gasteiger partial charge in [-0.2, -0.15) is 0 Å². The van der Waals surface area contributed by atoms with Gasteiger partial charge < -0.3 is 13.9 Å². The van der Waals surface area contributed by atoms with Crippen molar-refractivity contribution < 1.29 is 4.42 Å². The lowest BCUT2D eigenvalue weighted by molar-refractivity contribution is 0.669. The largest absolute Gasteiger partial charge is 0.456 e. The summed E-state index contributed by atoms with van der Waals surface area (Å²) in [6, 6.07) is 83.0. The SMILES string of the molecule is c1ccc(-c2ccc(N(c3ccc(-c4cccc5ccccc45)cc3)c3cccc(-c4cccc5c4c4ccccc4n5-c4ccc5oc6ccccc6c5c4)c3)cc2)cc1. The van der Waals surface area contributed by atoms with Crippen LogP contribution in [0.4, 0.5) is 17.1 Å². The smallest absolute Gasteiger partial charge is 0.135 e. The topological polar surface area (TPSA) is 21.3 Å². The lowest BCUT2D eigenvalue weighted by Gasteiger charge is -2.26. The first kappa shape index (κ1) is 34.9. The van der Waals surface area contributed by atoms with Crippen molar-refractivity contribution in [3.05, 3.63) is 231 Å².